The minimum Gasteiger partial charge on any atom is -0.354 e. The minimum absolute atomic E-state index is 0.903. The Hall–Kier alpha value is -2.09. The van der Waals surface area contributed by atoms with Crippen molar-refractivity contribution in [2.45, 2.75) is 0 Å². The third-order valence-electron chi connectivity index (χ3n) is 2.56. The van der Waals surface area contributed by atoms with Gasteiger partial charge in [0.15, 0.2) is 0 Å². The lowest BCUT2D eigenvalue weighted by Crippen LogP contribution is -2.02. The fraction of sp³-hybridized carbons (Fsp3) is 0. The molecule has 2 heteroatoms. The van der Waals surface area contributed by atoms with Gasteiger partial charge in [0.2, 0.25) is 0 Å². The molecule has 2 aromatic rings. The summed E-state index contributed by atoms with van der Waals surface area (Å²) in [5.74, 6) is 0. The van der Waals surface area contributed by atoms with Gasteiger partial charge in [-0.3, -0.25) is 4.98 Å². The summed E-state index contributed by atoms with van der Waals surface area (Å²) >= 11 is 0. The van der Waals surface area contributed by atoms with Crippen LogP contribution in [-0.2, 0) is 0 Å². The first-order valence-corrected chi connectivity index (χ1v) is 4.86. The van der Waals surface area contributed by atoms with E-state index in [1.54, 1.807) is 0 Å². The van der Waals surface area contributed by atoms with Crippen LogP contribution in [0.5, 0.6) is 0 Å². The second kappa shape index (κ2) is 2.95. The molecule has 0 atom stereocenters. The molecule has 2 heterocycles. The maximum Gasteiger partial charge on any atom is 0.0942 e. The van der Waals surface area contributed by atoms with Crippen LogP contribution in [0.25, 0.3) is 17.0 Å². The monoisotopic (exact) mass is 194 g/mol. The second-order valence-corrected chi connectivity index (χ2v) is 3.59. The van der Waals surface area contributed by atoms with E-state index < -0.39 is 0 Å². The van der Waals surface area contributed by atoms with E-state index in [4.69, 9.17) is 0 Å². The molecule has 0 fully saturated rings. The van der Waals surface area contributed by atoms with E-state index in [0.29, 0.717) is 0 Å². The summed E-state index contributed by atoms with van der Waals surface area (Å²) in [6, 6.07) is 8.18. The van der Waals surface area contributed by atoms with Crippen molar-refractivity contribution in [2.75, 3.05) is 5.32 Å². The van der Waals surface area contributed by atoms with E-state index >= 15 is 0 Å². The van der Waals surface area contributed by atoms with E-state index in [1.165, 1.54) is 0 Å². The highest BCUT2D eigenvalue weighted by Crippen LogP contribution is 2.30. The molecule has 0 spiro atoms. The zero-order chi connectivity index (χ0) is 10.3. The number of anilines is 1. The number of aromatic nitrogens is 1. The zero-order valence-electron chi connectivity index (χ0n) is 8.20. The van der Waals surface area contributed by atoms with Crippen molar-refractivity contribution in [1.82, 2.24) is 4.98 Å². The van der Waals surface area contributed by atoms with Crippen LogP contribution in [0.4, 0.5) is 5.69 Å². The fourth-order valence-corrected chi connectivity index (χ4v) is 1.82. The SMILES string of the molecule is C=C1C=Cc2ccc3cccnc3c2N1. The molecule has 0 saturated heterocycles. The third kappa shape index (κ3) is 1.22. The van der Waals surface area contributed by atoms with Crippen LogP contribution < -0.4 is 5.32 Å². The Labute approximate surface area is 88.0 Å². The molecule has 0 saturated carbocycles. The van der Waals surface area contributed by atoms with Crippen molar-refractivity contribution in [3.05, 3.63) is 54.4 Å². The molecule has 15 heavy (non-hydrogen) atoms. The Morgan fingerprint density at radius 3 is 3.00 bits per heavy atom. The van der Waals surface area contributed by atoms with Crippen molar-refractivity contribution in [1.29, 1.82) is 0 Å². The van der Waals surface area contributed by atoms with Crippen LogP contribution in [-0.4, -0.2) is 4.98 Å². The Balaban J connectivity index is 2.38. The van der Waals surface area contributed by atoms with Crippen LogP contribution in [0.2, 0.25) is 0 Å². The molecule has 1 aromatic heterocycles. The van der Waals surface area contributed by atoms with E-state index in [0.717, 1.165) is 27.9 Å². The number of pyridine rings is 1. The average Bonchev–Trinajstić information content (AvgIpc) is 2.29. The first-order chi connectivity index (χ1) is 7.34. The summed E-state index contributed by atoms with van der Waals surface area (Å²) in [5, 5.41) is 4.40. The van der Waals surface area contributed by atoms with Crippen LogP contribution >= 0.6 is 0 Å². The van der Waals surface area contributed by atoms with Gasteiger partial charge in [-0.25, -0.2) is 0 Å². The summed E-state index contributed by atoms with van der Waals surface area (Å²) in [6.45, 7) is 3.89. The predicted molar refractivity (Wildman–Crippen MR) is 63.5 cm³/mol. The van der Waals surface area contributed by atoms with Crippen LogP contribution in [0.3, 0.4) is 0 Å². The smallest absolute Gasteiger partial charge is 0.0942 e. The molecular weight excluding hydrogens is 184 g/mol. The molecule has 2 nitrogen and oxygen atoms in total. The van der Waals surface area contributed by atoms with Crippen molar-refractivity contribution >= 4 is 22.7 Å². The number of fused-ring (bicyclic) bond motifs is 3. The molecule has 1 aliphatic heterocycles. The van der Waals surface area contributed by atoms with Gasteiger partial charge in [-0.2, -0.15) is 0 Å². The Kier molecular flexibility index (Phi) is 1.62. The average molecular weight is 194 g/mol. The minimum atomic E-state index is 0.903. The molecule has 72 valence electrons. The van der Waals surface area contributed by atoms with Crippen LogP contribution in [0, 0.1) is 0 Å². The number of benzene rings is 1. The van der Waals surface area contributed by atoms with E-state index in [-0.39, 0.29) is 0 Å². The maximum atomic E-state index is 4.39. The summed E-state index contributed by atoms with van der Waals surface area (Å²) in [4.78, 5) is 4.39. The lowest BCUT2D eigenvalue weighted by atomic mass is 10.0. The van der Waals surface area contributed by atoms with E-state index in [1.807, 2.05) is 18.3 Å². The molecule has 0 radical (unpaired) electrons. The quantitative estimate of drug-likeness (QED) is 0.696. The highest BCUT2D eigenvalue weighted by molar-refractivity contribution is 5.97. The standard InChI is InChI=1S/C13H10N2/c1-9-4-5-11-7-6-10-3-2-8-14-12(10)13(11)15-9/h2-8,15H,1H2. The number of allylic oxidation sites excluding steroid dienone is 1. The first kappa shape index (κ1) is 8.24. The van der Waals surface area contributed by atoms with Crippen molar-refractivity contribution in [3.63, 3.8) is 0 Å². The highest BCUT2D eigenvalue weighted by atomic mass is 14.9. The maximum absolute atomic E-state index is 4.39. The predicted octanol–water partition coefficient (Wildman–Crippen LogP) is 3.19. The van der Waals surface area contributed by atoms with Crippen LogP contribution in [0.1, 0.15) is 5.56 Å². The van der Waals surface area contributed by atoms with Crippen LogP contribution in [0.15, 0.2) is 48.8 Å². The number of rotatable bonds is 0. The number of nitrogens with one attached hydrogen (secondary N) is 1. The van der Waals surface area contributed by atoms with Gasteiger partial charge in [-0.15, -0.1) is 0 Å². The second-order valence-electron chi connectivity index (χ2n) is 3.59. The normalized spacial score (nSPS) is 13.7. The Bertz CT molecular complexity index is 582. The molecule has 1 N–H and O–H groups in total. The molecule has 1 aromatic carbocycles. The van der Waals surface area contributed by atoms with Crippen molar-refractivity contribution in [2.24, 2.45) is 0 Å². The molecular formula is C13H10N2. The van der Waals surface area contributed by atoms with Gasteiger partial charge < -0.3 is 5.32 Å². The summed E-state index contributed by atoms with van der Waals surface area (Å²) < 4.78 is 0. The number of hydrogen-bond acceptors (Lipinski definition) is 2. The molecule has 0 unspecified atom stereocenters. The number of nitrogens with zero attached hydrogens (tertiary/aromatic N) is 1. The lowest BCUT2D eigenvalue weighted by Gasteiger charge is -2.16. The van der Waals surface area contributed by atoms with Gasteiger partial charge in [0.05, 0.1) is 11.2 Å². The van der Waals surface area contributed by atoms with Gasteiger partial charge in [-0.05, 0) is 12.1 Å². The van der Waals surface area contributed by atoms with Gasteiger partial charge in [-0.1, -0.05) is 30.9 Å². The first-order valence-electron chi connectivity index (χ1n) is 4.86. The largest absolute Gasteiger partial charge is 0.354 e. The molecule has 0 amide bonds. The van der Waals surface area contributed by atoms with Gasteiger partial charge in [0.1, 0.15) is 0 Å². The number of hydrogen-bond donors (Lipinski definition) is 1. The van der Waals surface area contributed by atoms with E-state index in [9.17, 15) is 0 Å². The van der Waals surface area contributed by atoms with E-state index in [2.05, 4.69) is 41.2 Å². The van der Waals surface area contributed by atoms with Crippen molar-refractivity contribution < 1.29 is 0 Å². The summed E-state index contributed by atoms with van der Waals surface area (Å²) in [5.41, 5.74) is 4.12. The molecule has 1 aliphatic rings. The van der Waals surface area contributed by atoms with Gasteiger partial charge in [0, 0.05) is 22.8 Å². The molecule has 0 aliphatic carbocycles. The third-order valence-corrected chi connectivity index (χ3v) is 2.56. The highest BCUT2D eigenvalue weighted by Gasteiger charge is 2.09. The topological polar surface area (TPSA) is 24.9 Å². The van der Waals surface area contributed by atoms with Gasteiger partial charge in [0.25, 0.3) is 0 Å². The lowest BCUT2D eigenvalue weighted by molar-refractivity contribution is 1.38. The summed E-state index contributed by atoms with van der Waals surface area (Å²) in [7, 11) is 0. The zero-order valence-corrected chi connectivity index (χ0v) is 8.20. The summed E-state index contributed by atoms with van der Waals surface area (Å²) in [6.07, 6.45) is 5.84. The molecule has 0 bridgehead atoms. The van der Waals surface area contributed by atoms with Gasteiger partial charge >= 0.3 is 0 Å². The van der Waals surface area contributed by atoms with Crippen molar-refractivity contribution in [3.8, 4) is 0 Å². The Morgan fingerprint density at radius 1 is 1.13 bits per heavy atom. The fourth-order valence-electron chi connectivity index (χ4n) is 1.82. The molecule has 3 rings (SSSR count). The Morgan fingerprint density at radius 2 is 2.07 bits per heavy atom.